The van der Waals surface area contributed by atoms with Gasteiger partial charge in [0.25, 0.3) is 5.91 Å². The molecule has 144 valence electrons. The number of benzene rings is 1. The number of carboxylic acid groups (broad SMARTS) is 1. The Morgan fingerprint density at radius 1 is 1.30 bits per heavy atom. The van der Waals surface area contributed by atoms with Gasteiger partial charge in [0.2, 0.25) is 0 Å². The molecule has 0 saturated heterocycles. The average molecular weight is 372 g/mol. The zero-order valence-corrected chi connectivity index (χ0v) is 15.7. The summed E-state index contributed by atoms with van der Waals surface area (Å²) in [4.78, 5) is 23.7. The SMILES string of the molecule is Cc1c(C(=O)NC2(CC(=O)O)CCC2)nnn1-c1ccc(OC(C)C)cc1. The van der Waals surface area contributed by atoms with Gasteiger partial charge in [-0.1, -0.05) is 5.21 Å². The maximum absolute atomic E-state index is 12.6. The van der Waals surface area contributed by atoms with Crippen LogP contribution in [0.15, 0.2) is 24.3 Å². The fourth-order valence-electron chi connectivity index (χ4n) is 3.26. The van der Waals surface area contributed by atoms with E-state index in [2.05, 4.69) is 15.6 Å². The van der Waals surface area contributed by atoms with Crippen LogP contribution in [0, 0.1) is 6.92 Å². The molecule has 3 rings (SSSR count). The summed E-state index contributed by atoms with van der Waals surface area (Å²) in [5.74, 6) is -0.552. The summed E-state index contributed by atoms with van der Waals surface area (Å²) in [7, 11) is 0. The molecule has 1 amide bonds. The van der Waals surface area contributed by atoms with Crippen LogP contribution in [0.25, 0.3) is 5.69 Å². The van der Waals surface area contributed by atoms with E-state index in [0.29, 0.717) is 18.5 Å². The summed E-state index contributed by atoms with van der Waals surface area (Å²) in [5.41, 5.74) is 0.887. The number of aliphatic carboxylic acids is 1. The lowest BCUT2D eigenvalue weighted by molar-refractivity contribution is -0.139. The standard InChI is InChI=1S/C19H24N4O4/c1-12(2)27-15-7-5-14(6-8-15)23-13(3)17(21-22-23)18(26)20-19(9-4-10-19)11-16(24)25/h5-8,12H,4,9-11H2,1-3H3,(H,20,26)(H,24,25). The van der Waals surface area contributed by atoms with Gasteiger partial charge in [-0.25, -0.2) is 4.68 Å². The molecule has 1 aromatic heterocycles. The van der Waals surface area contributed by atoms with Crippen molar-refractivity contribution in [2.24, 2.45) is 0 Å². The Labute approximate surface area is 157 Å². The van der Waals surface area contributed by atoms with Crippen molar-refractivity contribution in [1.82, 2.24) is 20.3 Å². The molecule has 2 N–H and O–H groups in total. The van der Waals surface area contributed by atoms with Crippen molar-refractivity contribution in [3.05, 3.63) is 35.7 Å². The maximum Gasteiger partial charge on any atom is 0.305 e. The molecule has 1 aliphatic rings. The predicted octanol–water partition coefficient (Wildman–Crippen LogP) is 2.49. The minimum absolute atomic E-state index is 0.0801. The molecule has 1 heterocycles. The third kappa shape index (κ3) is 4.10. The lowest BCUT2D eigenvalue weighted by Gasteiger charge is -2.41. The van der Waals surface area contributed by atoms with Crippen molar-refractivity contribution >= 4 is 11.9 Å². The number of nitrogens with one attached hydrogen (secondary N) is 1. The monoisotopic (exact) mass is 372 g/mol. The van der Waals surface area contributed by atoms with Crippen molar-refractivity contribution in [2.75, 3.05) is 0 Å². The highest BCUT2D eigenvalue weighted by molar-refractivity contribution is 5.94. The van der Waals surface area contributed by atoms with Crippen LogP contribution in [0.2, 0.25) is 0 Å². The number of carbonyl (C=O) groups excluding carboxylic acids is 1. The Balaban J connectivity index is 1.76. The van der Waals surface area contributed by atoms with Crippen LogP contribution in [0.5, 0.6) is 5.75 Å². The zero-order chi connectivity index (χ0) is 19.6. The summed E-state index contributed by atoms with van der Waals surface area (Å²) in [6.45, 7) is 5.68. The van der Waals surface area contributed by atoms with E-state index in [1.807, 2.05) is 38.1 Å². The summed E-state index contributed by atoms with van der Waals surface area (Å²) in [6, 6.07) is 7.37. The maximum atomic E-state index is 12.6. The van der Waals surface area contributed by atoms with Crippen molar-refractivity contribution in [2.45, 2.75) is 58.1 Å². The molecule has 27 heavy (non-hydrogen) atoms. The molecule has 0 spiro atoms. The molecule has 0 radical (unpaired) electrons. The summed E-state index contributed by atoms with van der Waals surface area (Å²) >= 11 is 0. The van der Waals surface area contributed by atoms with E-state index in [0.717, 1.165) is 17.9 Å². The van der Waals surface area contributed by atoms with Crippen LogP contribution >= 0.6 is 0 Å². The van der Waals surface area contributed by atoms with Crippen LogP contribution in [-0.2, 0) is 4.79 Å². The molecule has 8 nitrogen and oxygen atoms in total. The molecule has 1 fully saturated rings. The van der Waals surface area contributed by atoms with Gasteiger partial charge in [0, 0.05) is 0 Å². The van der Waals surface area contributed by atoms with E-state index in [1.54, 1.807) is 11.6 Å². The van der Waals surface area contributed by atoms with E-state index in [-0.39, 0.29) is 24.1 Å². The summed E-state index contributed by atoms with van der Waals surface area (Å²) in [5, 5.41) is 20.0. The number of aromatic nitrogens is 3. The molecule has 1 aromatic carbocycles. The van der Waals surface area contributed by atoms with E-state index >= 15 is 0 Å². The van der Waals surface area contributed by atoms with Gasteiger partial charge in [0.1, 0.15) is 5.75 Å². The van der Waals surface area contributed by atoms with E-state index in [1.165, 1.54) is 0 Å². The zero-order valence-electron chi connectivity index (χ0n) is 15.7. The van der Waals surface area contributed by atoms with Gasteiger partial charge in [0.15, 0.2) is 5.69 Å². The van der Waals surface area contributed by atoms with Gasteiger partial charge in [-0.3, -0.25) is 9.59 Å². The number of rotatable bonds is 7. The molecule has 2 aromatic rings. The van der Waals surface area contributed by atoms with Crippen molar-refractivity contribution < 1.29 is 19.4 Å². The quantitative estimate of drug-likeness (QED) is 0.773. The predicted molar refractivity (Wildman–Crippen MR) is 98.2 cm³/mol. The molecule has 0 aliphatic heterocycles. The first-order valence-corrected chi connectivity index (χ1v) is 9.03. The number of hydrogen-bond donors (Lipinski definition) is 2. The van der Waals surface area contributed by atoms with Crippen LogP contribution in [-0.4, -0.2) is 43.6 Å². The third-order valence-corrected chi connectivity index (χ3v) is 4.74. The van der Waals surface area contributed by atoms with Crippen molar-refractivity contribution in [1.29, 1.82) is 0 Å². The van der Waals surface area contributed by atoms with Crippen LogP contribution < -0.4 is 10.1 Å². The Kier molecular flexibility index (Phi) is 5.16. The fraction of sp³-hybridized carbons (Fsp3) is 0.474. The molecule has 0 atom stereocenters. The molecular weight excluding hydrogens is 348 g/mol. The topological polar surface area (TPSA) is 106 Å². The van der Waals surface area contributed by atoms with E-state index < -0.39 is 11.5 Å². The molecule has 1 saturated carbocycles. The lowest BCUT2D eigenvalue weighted by atomic mass is 9.74. The van der Waals surface area contributed by atoms with Crippen LogP contribution in [0.4, 0.5) is 0 Å². The summed E-state index contributed by atoms with van der Waals surface area (Å²) in [6.07, 6.45) is 2.24. The largest absolute Gasteiger partial charge is 0.491 e. The van der Waals surface area contributed by atoms with Gasteiger partial charge in [-0.15, -0.1) is 5.10 Å². The Morgan fingerprint density at radius 3 is 2.48 bits per heavy atom. The minimum atomic E-state index is -0.918. The van der Waals surface area contributed by atoms with Crippen molar-refractivity contribution in [3.8, 4) is 11.4 Å². The van der Waals surface area contributed by atoms with Gasteiger partial charge < -0.3 is 15.2 Å². The highest BCUT2D eigenvalue weighted by atomic mass is 16.5. The first-order chi connectivity index (χ1) is 12.8. The second-order valence-electron chi connectivity index (χ2n) is 7.25. The number of carboxylic acids is 1. The number of ether oxygens (including phenoxy) is 1. The molecular formula is C19H24N4O4. The number of nitrogens with zero attached hydrogens (tertiary/aromatic N) is 3. The van der Waals surface area contributed by atoms with Gasteiger partial charge in [-0.05, 0) is 64.3 Å². The Hall–Kier alpha value is -2.90. The number of amides is 1. The number of hydrogen-bond acceptors (Lipinski definition) is 5. The normalized spacial score (nSPS) is 15.3. The van der Waals surface area contributed by atoms with E-state index in [9.17, 15) is 9.59 Å². The van der Waals surface area contributed by atoms with Gasteiger partial charge in [-0.2, -0.15) is 0 Å². The second-order valence-corrected chi connectivity index (χ2v) is 7.25. The fourth-order valence-corrected chi connectivity index (χ4v) is 3.26. The smallest absolute Gasteiger partial charge is 0.305 e. The molecule has 0 bridgehead atoms. The van der Waals surface area contributed by atoms with Crippen molar-refractivity contribution in [3.63, 3.8) is 0 Å². The molecule has 1 aliphatic carbocycles. The molecule has 0 unspecified atom stereocenters. The second kappa shape index (κ2) is 7.38. The van der Waals surface area contributed by atoms with Gasteiger partial charge in [0.05, 0.1) is 29.4 Å². The first-order valence-electron chi connectivity index (χ1n) is 9.03. The van der Waals surface area contributed by atoms with Crippen LogP contribution in [0.1, 0.15) is 55.7 Å². The number of carbonyl (C=O) groups is 2. The van der Waals surface area contributed by atoms with Gasteiger partial charge >= 0.3 is 5.97 Å². The third-order valence-electron chi connectivity index (χ3n) is 4.74. The average Bonchev–Trinajstić information content (AvgIpc) is 2.94. The minimum Gasteiger partial charge on any atom is -0.491 e. The Morgan fingerprint density at radius 2 is 1.96 bits per heavy atom. The Bertz CT molecular complexity index is 838. The molecule has 8 heteroatoms. The van der Waals surface area contributed by atoms with E-state index in [4.69, 9.17) is 9.84 Å². The van der Waals surface area contributed by atoms with Crippen LogP contribution in [0.3, 0.4) is 0 Å². The first kappa shape index (κ1) is 18.9. The summed E-state index contributed by atoms with van der Waals surface area (Å²) < 4.78 is 7.21. The highest BCUT2D eigenvalue weighted by Crippen LogP contribution is 2.35. The highest BCUT2D eigenvalue weighted by Gasteiger charge is 2.41. The lowest BCUT2D eigenvalue weighted by Crippen LogP contribution is -2.54.